The molecule has 1 atom stereocenters. The summed E-state index contributed by atoms with van der Waals surface area (Å²) in [6.45, 7) is 2.01. The van der Waals surface area contributed by atoms with Crippen molar-refractivity contribution in [3.63, 3.8) is 0 Å². The molecule has 1 aromatic rings. The monoisotopic (exact) mass is 304 g/mol. The second kappa shape index (κ2) is 6.46. The molecular formula is C13H19F3N4O. The van der Waals surface area contributed by atoms with Crippen LogP contribution < -0.4 is 10.2 Å². The fourth-order valence-electron chi connectivity index (χ4n) is 2.32. The zero-order valence-corrected chi connectivity index (χ0v) is 12.1. The standard InChI is InChI=1S/C13H19F3N4O/c1-17-12-18-10(13(14,15)16)6-11(19-12)20(2)7-9-4-3-5-21-8-9/h6,9H,3-5,7-8H2,1-2H3,(H,17,18,19). The number of hydrogen-bond acceptors (Lipinski definition) is 5. The molecule has 1 aliphatic heterocycles. The normalized spacial score (nSPS) is 19.4. The van der Waals surface area contributed by atoms with Gasteiger partial charge in [-0.2, -0.15) is 18.2 Å². The zero-order chi connectivity index (χ0) is 15.5. The number of alkyl halides is 3. The lowest BCUT2D eigenvalue weighted by Crippen LogP contribution is -2.31. The topological polar surface area (TPSA) is 50.3 Å². The summed E-state index contributed by atoms with van der Waals surface area (Å²) in [4.78, 5) is 9.27. The molecule has 2 rings (SSSR count). The number of rotatable bonds is 4. The SMILES string of the molecule is CNc1nc(N(C)CC2CCCOC2)cc(C(F)(F)F)n1. The summed E-state index contributed by atoms with van der Waals surface area (Å²) in [6, 6.07) is 0.977. The molecule has 0 radical (unpaired) electrons. The summed E-state index contributed by atoms with van der Waals surface area (Å²) < 4.78 is 43.9. The van der Waals surface area contributed by atoms with E-state index in [4.69, 9.17) is 4.74 Å². The highest BCUT2D eigenvalue weighted by atomic mass is 19.4. The van der Waals surface area contributed by atoms with Crippen LogP contribution in [0.3, 0.4) is 0 Å². The van der Waals surface area contributed by atoms with Gasteiger partial charge in [-0.05, 0) is 18.8 Å². The molecule has 118 valence electrons. The molecule has 1 aromatic heterocycles. The smallest absolute Gasteiger partial charge is 0.381 e. The van der Waals surface area contributed by atoms with Crippen LogP contribution in [0.5, 0.6) is 0 Å². The Balaban J connectivity index is 2.17. The van der Waals surface area contributed by atoms with Crippen molar-refractivity contribution >= 4 is 11.8 Å². The fraction of sp³-hybridized carbons (Fsp3) is 0.692. The van der Waals surface area contributed by atoms with E-state index in [0.717, 1.165) is 25.5 Å². The van der Waals surface area contributed by atoms with Crippen LogP contribution >= 0.6 is 0 Å². The molecule has 1 fully saturated rings. The zero-order valence-electron chi connectivity index (χ0n) is 12.1. The minimum atomic E-state index is -4.49. The van der Waals surface area contributed by atoms with Gasteiger partial charge in [-0.1, -0.05) is 0 Å². The lowest BCUT2D eigenvalue weighted by molar-refractivity contribution is -0.141. The predicted octanol–water partition coefficient (Wildman–Crippen LogP) is 2.40. The van der Waals surface area contributed by atoms with Crippen molar-refractivity contribution in [1.29, 1.82) is 0 Å². The van der Waals surface area contributed by atoms with Crippen LogP contribution in [0.2, 0.25) is 0 Å². The molecule has 21 heavy (non-hydrogen) atoms. The van der Waals surface area contributed by atoms with Gasteiger partial charge in [0.1, 0.15) is 5.82 Å². The molecule has 1 unspecified atom stereocenters. The van der Waals surface area contributed by atoms with Crippen LogP contribution in [0, 0.1) is 5.92 Å². The highest BCUT2D eigenvalue weighted by molar-refractivity contribution is 5.44. The lowest BCUT2D eigenvalue weighted by Gasteiger charge is -2.28. The molecule has 0 saturated carbocycles. The first kappa shape index (κ1) is 15.8. The summed E-state index contributed by atoms with van der Waals surface area (Å²) in [5, 5.41) is 2.56. The van der Waals surface area contributed by atoms with Crippen molar-refractivity contribution in [1.82, 2.24) is 9.97 Å². The van der Waals surface area contributed by atoms with Crippen LogP contribution in [0.4, 0.5) is 24.9 Å². The third-order valence-electron chi connectivity index (χ3n) is 3.40. The predicted molar refractivity (Wildman–Crippen MR) is 73.4 cm³/mol. The molecule has 0 spiro atoms. The Labute approximate surface area is 121 Å². The molecule has 1 N–H and O–H groups in total. The highest BCUT2D eigenvalue weighted by Gasteiger charge is 2.34. The van der Waals surface area contributed by atoms with Crippen LogP contribution in [0.1, 0.15) is 18.5 Å². The van der Waals surface area contributed by atoms with Crippen molar-refractivity contribution in [2.45, 2.75) is 19.0 Å². The first-order valence-corrected chi connectivity index (χ1v) is 6.83. The van der Waals surface area contributed by atoms with E-state index < -0.39 is 11.9 Å². The van der Waals surface area contributed by atoms with Crippen LogP contribution in [-0.2, 0) is 10.9 Å². The van der Waals surface area contributed by atoms with E-state index in [0.29, 0.717) is 19.1 Å². The Morgan fingerprint density at radius 3 is 2.76 bits per heavy atom. The maximum atomic E-state index is 12.8. The van der Waals surface area contributed by atoms with Gasteiger partial charge in [-0.25, -0.2) is 4.98 Å². The third-order valence-corrected chi connectivity index (χ3v) is 3.40. The second-order valence-electron chi connectivity index (χ2n) is 5.15. The van der Waals surface area contributed by atoms with Gasteiger partial charge >= 0.3 is 6.18 Å². The Hall–Kier alpha value is -1.57. The Bertz CT molecular complexity index is 475. The molecule has 5 nitrogen and oxygen atoms in total. The molecule has 1 saturated heterocycles. The molecule has 8 heteroatoms. The van der Waals surface area contributed by atoms with Gasteiger partial charge in [0.15, 0.2) is 5.69 Å². The number of nitrogens with one attached hydrogen (secondary N) is 1. The highest BCUT2D eigenvalue weighted by Crippen LogP contribution is 2.30. The number of halogens is 3. The van der Waals surface area contributed by atoms with E-state index in [-0.39, 0.29) is 11.8 Å². The van der Waals surface area contributed by atoms with E-state index in [9.17, 15) is 13.2 Å². The number of aromatic nitrogens is 2. The molecule has 0 bridgehead atoms. The average Bonchev–Trinajstić information content (AvgIpc) is 2.46. The van der Waals surface area contributed by atoms with Crippen LogP contribution in [0.25, 0.3) is 0 Å². The van der Waals surface area contributed by atoms with Gasteiger partial charge in [0.2, 0.25) is 5.95 Å². The molecule has 0 aromatic carbocycles. The molecule has 2 heterocycles. The molecule has 0 amide bonds. The third kappa shape index (κ3) is 4.20. The number of anilines is 2. The number of nitrogens with zero attached hydrogens (tertiary/aromatic N) is 3. The summed E-state index contributed by atoms with van der Waals surface area (Å²) in [5.41, 5.74) is -0.941. The lowest BCUT2D eigenvalue weighted by atomic mass is 10.0. The van der Waals surface area contributed by atoms with Crippen LogP contribution in [0.15, 0.2) is 6.07 Å². The number of ether oxygens (including phenoxy) is 1. The van der Waals surface area contributed by atoms with Crippen molar-refractivity contribution in [2.24, 2.45) is 5.92 Å². The summed E-state index contributed by atoms with van der Waals surface area (Å²) in [6.07, 6.45) is -2.49. The van der Waals surface area contributed by atoms with E-state index >= 15 is 0 Å². The Morgan fingerprint density at radius 2 is 2.19 bits per heavy atom. The maximum absolute atomic E-state index is 12.8. The van der Waals surface area contributed by atoms with Gasteiger partial charge in [-0.3, -0.25) is 0 Å². The van der Waals surface area contributed by atoms with E-state index in [1.165, 1.54) is 7.05 Å². The Kier molecular flexibility index (Phi) is 4.87. The summed E-state index contributed by atoms with van der Waals surface area (Å²) in [7, 11) is 3.23. The van der Waals surface area contributed by atoms with Crippen molar-refractivity contribution in [2.75, 3.05) is 44.1 Å². The first-order valence-electron chi connectivity index (χ1n) is 6.83. The average molecular weight is 304 g/mol. The summed E-state index contributed by atoms with van der Waals surface area (Å²) in [5.74, 6) is 0.532. The first-order chi connectivity index (χ1) is 9.90. The van der Waals surface area contributed by atoms with Crippen LogP contribution in [-0.4, -0.2) is 43.8 Å². The van der Waals surface area contributed by atoms with Gasteiger partial charge < -0.3 is 15.0 Å². The minimum absolute atomic E-state index is 0.0356. The molecular weight excluding hydrogens is 285 g/mol. The van der Waals surface area contributed by atoms with Gasteiger partial charge in [0.25, 0.3) is 0 Å². The van der Waals surface area contributed by atoms with E-state index in [2.05, 4.69) is 15.3 Å². The van der Waals surface area contributed by atoms with Gasteiger partial charge in [0.05, 0.1) is 6.61 Å². The second-order valence-corrected chi connectivity index (χ2v) is 5.15. The van der Waals surface area contributed by atoms with E-state index in [1.807, 2.05) is 0 Å². The molecule has 1 aliphatic rings. The van der Waals surface area contributed by atoms with Crippen molar-refractivity contribution < 1.29 is 17.9 Å². The van der Waals surface area contributed by atoms with Crippen molar-refractivity contribution in [3.05, 3.63) is 11.8 Å². The Morgan fingerprint density at radius 1 is 1.43 bits per heavy atom. The quantitative estimate of drug-likeness (QED) is 0.925. The minimum Gasteiger partial charge on any atom is -0.381 e. The number of hydrogen-bond donors (Lipinski definition) is 1. The maximum Gasteiger partial charge on any atom is 0.433 e. The molecule has 0 aliphatic carbocycles. The van der Waals surface area contributed by atoms with Gasteiger partial charge in [-0.15, -0.1) is 0 Å². The van der Waals surface area contributed by atoms with E-state index in [1.54, 1.807) is 11.9 Å². The largest absolute Gasteiger partial charge is 0.433 e. The van der Waals surface area contributed by atoms with Crippen molar-refractivity contribution in [3.8, 4) is 0 Å². The summed E-state index contributed by atoms with van der Waals surface area (Å²) >= 11 is 0. The van der Waals surface area contributed by atoms with Gasteiger partial charge in [0, 0.05) is 33.3 Å². The fourth-order valence-corrected chi connectivity index (χ4v) is 2.32.